The first-order valence-electron chi connectivity index (χ1n) is 6.54. The van der Waals surface area contributed by atoms with Gasteiger partial charge in [-0.15, -0.1) is 0 Å². The van der Waals surface area contributed by atoms with E-state index in [9.17, 15) is 14.7 Å². The average molecular weight is 252 g/mol. The summed E-state index contributed by atoms with van der Waals surface area (Å²) in [6.45, 7) is 3.79. The van der Waals surface area contributed by atoms with Crippen molar-refractivity contribution >= 4 is 11.6 Å². The lowest BCUT2D eigenvalue weighted by Crippen LogP contribution is -2.55. The molecule has 18 heavy (non-hydrogen) atoms. The van der Waals surface area contributed by atoms with Crippen LogP contribution in [0.4, 0.5) is 0 Å². The molecule has 0 aliphatic heterocycles. The van der Waals surface area contributed by atoms with Crippen LogP contribution in [0.25, 0.3) is 0 Å². The van der Waals surface area contributed by atoms with Gasteiger partial charge in [0.2, 0.25) is 0 Å². The Labute approximate surface area is 107 Å². The van der Waals surface area contributed by atoms with Gasteiger partial charge in [0.1, 0.15) is 5.60 Å². The van der Waals surface area contributed by atoms with E-state index < -0.39 is 11.5 Å². The van der Waals surface area contributed by atoms with Gasteiger partial charge in [0, 0.05) is 12.0 Å². The van der Waals surface area contributed by atoms with Crippen LogP contribution in [0.15, 0.2) is 12.3 Å². The van der Waals surface area contributed by atoms with E-state index in [-0.39, 0.29) is 29.3 Å². The summed E-state index contributed by atoms with van der Waals surface area (Å²) >= 11 is 0. The Balaban J connectivity index is 2.38. The molecule has 2 fully saturated rings. The van der Waals surface area contributed by atoms with Gasteiger partial charge in [-0.25, -0.2) is 0 Å². The van der Waals surface area contributed by atoms with Crippen LogP contribution in [0, 0.1) is 23.7 Å². The van der Waals surface area contributed by atoms with Crippen molar-refractivity contribution in [1.82, 2.24) is 0 Å². The minimum Gasteiger partial charge on any atom is -0.515 e. The van der Waals surface area contributed by atoms with Gasteiger partial charge in [-0.05, 0) is 31.1 Å². The van der Waals surface area contributed by atoms with E-state index in [1.807, 2.05) is 13.8 Å². The second-order valence-electron chi connectivity index (χ2n) is 5.76. The van der Waals surface area contributed by atoms with Gasteiger partial charge in [0.05, 0.1) is 12.2 Å². The topological polar surface area (TPSA) is 74.6 Å². The van der Waals surface area contributed by atoms with Gasteiger partial charge in [-0.3, -0.25) is 9.59 Å². The Morgan fingerprint density at radius 2 is 2.06 bits per heavy atom. The highest BCUT2D eigenvalue weighted by atomic mass is 16.3. The Bertz CT molecular complexity index is 401. The van der Waals surface area contributed by atoms with Gasteiger partial charge < -0.3 is 10.2 Å². The van der Waals surface area contributed by atoms with Gasteiger partial charge in [-0.1, -0.05) is 13.8 Å². The molecule has 4 nitrogen and oxygen atoms in total. The Morgan fingerprint density at radius 1 is 1.39 bits per heavy atom. The molecule has 2 saturated carbocycles. The number of fused-ring (bicyclic) bond motifs is 1. The standard InChI is InChI=1S/C14H20O4/c1-8-3-4-10-9(2)7-11(12(16)5-6-15)14(10,18)13(8)17/h5-6,8-11,15,18H,3-4,7H2,1-2H3/b6-5-/t8-,9+,10-,11+,14+/m1/s1. The Kier molecular flexibility index (Phi) is 3.32. The van der Waals surface area contributed by atoms with Crippen molar-refractivity contribution in [2.75, 3.05) is 0 Å². The van der Waals surface area contributed by atoms with Crippen LogP contribution in [0.2, 0.25) is 0 Å². The number of ketones is 2. The van der Waals surface area contributed by atoms with Gasteiger partial charge in [0.15, 0.2) is 11.6 Å². The van der Waals surface area contributed by atoms with E-state index in [0.29, 0.717) is 12.7 Å². The summed E-state index contributed by atoms with van der Waals surface area (Å²) in [6, 6.07) is 0. The first-order chi connectivity index (χ1) is 8.42. The number of hydrogen-bond acceptors (Lipinski definition) is 4. The molecule has 0 radical (unpaired) electrons. The van der Waals surface area contributed by atoms with Crippen LogP contribution < -0.4 is 0 Å². The normalized spacial score (nSPS) is 44.3. The third-order valence-electron chi connectivity index (χ3n) is 4.73. The summed E-state index contributed by atoms with van der Waals surface area (Å²) in [5.41, 5.74) is -1.52. The predicted octanol–water partition coefficient (Wildman–Crippen LogP) is 1.63. The van der Waals surface area contributed by atoms with Crippen molar-refractivity contribution in [2.45, 2.75) is 38.7 Å². The number of allylic oxidation sites excluding steroid dienone is 1. The quantitative estimate of drug-likeness (QED) is 0.578. The van der Waals surface area contributed by atoms with Crippen LogP contribution in [-0.2, 0) is 9.59 Å². The minimum absolute atomic E-state index is 0.123. The lowest BCUT2D eigenvalue weighted by Gasteiger charge is -2.40. The molecule has 2 rings (SSSR count). The number of carbonyl (C=O) groups is 2. The van der Waals surface area contributed by atoms with E-state index in [0.717, 1.165) is 18.9 Å². The SMILES string of the molecule is C[C@@H]1CC[C@@H]2[C@@H](C)C[C@@H](C(=O)/C=C\O)[C@]2(O)C1=O. The lowest BCUT2D eigenvalue weighted by molar-refractivity contribution is -0.160. The smallest absolute Gasteiger partial charge is 0.168 e. The highest BCUT2D eigenvalue weighted by molar-refractivity contribution is 6.01. The molecule has 100 valence electrons. The van der Waals surface area contributed by atoms with Gasteiger partial charge >= 0.3 is 0 Å². The summed E-state index contributed by atoms with van der Waals surface area (Å²) in [7, 11) is 0. The van der Waals surface area contributed by atoms with E-state index in [1.54, 1.807) is 0 Å². The van der Waals surface area contributed by atoms with E-state index >= 15 is 0 Å². The molecule has 4 heteroatoms. The molecule has 2 aliphatic carbocycles. The zero-order valence-electron chi connectivity index (χ0n) is 10.8. The van der Waals surface area contributed by atoms with Crippen LogP contribution in [-0.4, -0.2) is 27.4 Å². The number of carbonyl (C=O) groups excluding carboxylic acids is 2. The van der Waals surface area contributed by atoms with Crippen molar-refractivity contribution in [2.24, 2.45) is 23.7 Å². The molecule has 0 saturated heterocycles. The fourth-order valence-corrected chi connectivity index (χ4v) is 3.74. The molecular weight excluding hydrogens is 232 g/mol. The number of Topliss-reactive ketones (excluding diaryl/α,β-unsaturated/α-hetero) is 1. The zero-order chi connectivity index (χ0) is 13.5. The van der Waals surface area contributed by atoms with Crippen molar-refractivity contribution in [1.29, 1.82) is 0 Å². The van der Waals surface area contributed by atoms with Gasteiger partial charge in [0.25, 0.3) is 0 Å². The molecule has 0 aromatic carbocycles. The number of aliphatic hydroxyl groups is 2. The van der Waals surface area contributed by atoms with Gasteiger partial charge in [-0.2, -0.15) is 0 Å². The van der Waals surface area contributed by atoms with E-state index in [4.69, 9.17) is 5.11 Å². The minimum atomic E-state index is -1.52. The largest absolute Gasteiger partial charge is 0.515 e. The molecule has 0 aromatic heterocycles. The monoisotopic (exact) mass is 252 g/mol. The third kappa shape index (κ3) is 1.70. The fourth-order valence-electron chi connectivity index (χ4n) is 3.74. The number of aliphatic hydroxyl groups excluding tert-OH is 1. The molecule has 0 unspecified atom stereocenters. The van der Waals surface area contributed by atoms with E-state index in [2.05, 4.69) is 0 Å². The highest BCUT2D eigenvalue weighted by Gasteiger charge is 2.61. The Hall–Kier alpha value is -1.16. The van der Waals surface area contributed by atoms with Crippen molar-refractivity contribution in [3.05, 3.63) is 12.3 Å². The van der Waals surface area contributed by atoms with E-state index in [1.165, 1.54) is 0 Å². The maximum Gasteiger partial charge on any atom is 0.168 e. The number of hydrogen-bond donors (Lipinski definition) is 2. The second kappa shape index (κ2) is 4.50. The molecule has 0 heterocycles. The summed E-state index contributed by atoms with van der Waals surface area (Å²) in [5, 5.41) is 19.5. The average Bonchev–Trinajstić information content (AvgIpc) is 2.59. The summed E-state index contributed by atoms with van der Waals surface area (Å²) in [4.78, 5) is 24.2. The molecule has 0 bridgehead atoms. The third-order valence-corrected chi connectivity index (χ3v) is 4.73. The molecule has 0 aromatic rings. The maximum atomic E-state index is 12.3. The molecule has 0 spiro atoms. The first-order valence-corrected chi connectivity index (χ1v) is 6.54. The maximum absolute atomic E-state index is 12.3. The Morgan fingerprint density at radius 3 is 2.67 bits per heavy atom. The second-order valence-corrected chi connectivity index (χ2v) is 5.76. The first kappa shape index (κ1) is 13.3. The van der Waals surface area contributed by atoms with Crippen molar-refractivity contribution < 1.29 is 19.8 Å². The van der Waals surface area contributed by atoms with Crippen molar-refractivity contribution in [3.8, 4) is 0 Å². The molecule has 2 aliphatic rings. The molecule has 0 amide bonds. The molecule has 5 atom stereocenters. The summed E-state index contributed by atoms with van der Waals surface area (Å²) < 4.78 is 0. The van der Waals surface area contributed by atoms with Crippen LogP contribution >= 0.6 is 0 Å². The summed E-state index contributed by atoms with van der Waals surface area (Å²) in [6.07, 6.45) is 3.82. The van der Waals surface area contributed by atoms with Crippen LogP contribution in [0.5, 0.6) is 0 Å². The van der Waals surface area contributed by atoms with Crippen molar-refractivity contribution in [3.63, 3.8) is 0 Å². The lowest BCUT2D eigenvalue weighted by atomic mass is 9.67. The van der Waals surface area contributed by atoms with Crippen LogP contribution in [0.3, 0.4) is 0 Å². The molecule has 2 N–H and O–H groups in total. The summed E-state index contributed by atoms with van der Waals surface area (Å²) in [5.74, 6) is -1.40. The zero-order valence-corrected chi connectivity index (χ0v) is 10.8. The predicted molar refractivity (Wildman–Crippen MR) is 65.9 cm³/mol. The number of rotatable bonds is 2. The van der Waals surface area contributed by atoms with Crippen LogP contribution in [0.1, 0.15) is 33.1 Å². The fraction of sp³-hybridized carbons (Fsp3) is 0.714. The molecular formula is C14H20O4. The highest BCUT2D eigenvalue weighted by Crippen LogP contribution is 2.52.